The van der Waals surface area contributed by atoms with Crippen LogP contribution in [0.4, 0.5) is 0 Å². The summed E-state index contributed by atoms with van der Waals surface area (Å²) in [7, 11) is 2.02. The lowest BCUT2D eigenvalue weighted by molar-refractivity contribution is 0.296. The second-order valence-corrected chi connectivity index (χ2v) is 8.03. The predicted octanol–water partition coefficient (Wildman–Crippen LogP) is 3.84. The highest BCUT2D eigenvalue weighted by Gasteiger charge is 2.23. The van der Waals surface area contributed by atoms with Gasteiger partial charge in [0.2, 0.25) is 0 Å². The van der Waals surface area contributed by atoms with Crippen LogP contribution in [0.15, 0.2) is 4.47 Å². The summed E-state index contributed by atoms with van der Waals surface area (Å²) in [5.41, 5.74) is 2.82. The van der Waals surface area contributed by atoms with E-state index in [0.29, 0.717) is 0 Å². The molecule has 0 aromatic carbocycles. The summed E-state index contributed by atoms with van der Waals surface area (Å²) < 4.78 is 3.16. The maximum Gasteiger partial charge on any atom is 0.0738 e. The van der Waals surface area contributed by atoms with E-state index in [9.17, 15) is 0 Å². The van der Waals surface area contributed by atoms with Crippen molar-refractivity contribution >= 4 is 15.9 Å². The number of hydrogen-bond donors (Lipinski definition) is 1. The molecule has 1 rings (SSSR count). The van der Waals surface area contributed by atoms with Crippen molar-refractivity contribution in [2.45, 2.75) is 59.9 Å². The van der Waals surface area contributed by atoms with Crippen LogP contribution in [0, 0.1) is 12.3 Å². The molecule has 0 saturated carbocycles. The molecule has 19 heavy (non-hydrogen) atoms. The summed E-state index contributed by atoms with van der Waals surface area (Å²) in [6.07, 6.45) is 2.19. The number of nitrogens with zero attached hydrogens (tertiary/aromatic N) is 2. The Labute approximate surface area is 126 Å². The average Bonchev–Trinajstić information content (AvgIpc) is 2.42. The largest absolute Gasteiger partial charge is 0.312 e. The summed E-state index contributed by atoms with van der Waals surface area (Å²) in [5, 5.41) is 8.03. The molecule has 1 aromatic rings. The number of aryl methyl sites for hydroxylation is 2. The van der Waals surface area contributed by atoms with Gasteiger partial charge in [0.25, 0.3) is 0 Å². The Hall–Kier alpha value is -0.350. The molecule has 0 radical (unpaired) electrons. The van der Waals surface area contributed by atoms with Crippen molar-refractivity contribution < 1.29 is 0 Å². The number of halogens is 1. The normalized spacial score (nSPS) is 13.1. The van der Waals surface area contributed by atoms with E-state index in [1.165, 1.54) is 5.69 Å². The molecule has 0 spiro atoms. The fourth-order valence-corrected chi connectivity index (χ4v) is 2.67. The van der Waals surface area contributed by atoms with Crippen LogP contribution in [-0.2, 0) is 13.5 Å². The molecule has 0 aliphatic heterocycles. The highest BCUT2D eigenvalue weighted by Crippen LogP contribution is 2.30. The van der Waals surface area contributed by atoms with Crippen LogP contribution in [0.5, 0.6) is 0 Å². The molecule has 0 fully saturated rings. The van der Waals surface area contributed by atoms with Crippen molar-refractivity contribution in [3.63, 3.8) is 0 Å². The van der Waals surface area contributed by atoms with Crippen LogP contribution < -0.4 is 5.32 Å². The van der Waals surface area contributed by atoms with Gasteiger partial charge in [-0.1, -0.05) is 13.8 Å². The first-order chi connectivity index (χ1) is 8.52. The zero-order chi connectivity index (χ0) is 14.8. The average molecular weight is 330 g/mol. The van der Waals surface area contributed by atoms with Gasteiger partial charge in [-0.25, -0.2) is 0 Å². The first-order valence-corrected chi connectivity index (χ1v) is 7.74. The number of rotatable bonds is 5. The minimum atomic E-state index is 0.194. The molecular weight excluding hydrogens is 302 g/mol. The summed E-state index contributed by atoms with van der Waals surface area (Å²) >= 11 is 3.65. The highest BCUT2D eigenvalue weighted by molar-refractivity contribution is 9.10. The SMILES string of the molecule is Cc1nn(C)c(CC(C)(C)CCNC(C)(C)C)c1Br. The van der Waals surface area contributed by atoms with Gasteiger partial charge in [-0.15, -0.1) is 0 Å². The van der Waals surface area contributed by atoms with E-state index in [1.54, 1.807) is 0 Å². The van der Waals surface area contributed by atoms with Gasteiger partial charge in [0.05, 0.1) is 15.9 Å². The topological polar surface area (TPSA) is 29.9 Å². The first kappa shape index (κ1) is 16.7. The maximum atomic E-state index is 4.47. The molecule has 1 heterocycles. The molecule has 110 valence electrons. The molecule has 3 nitrogen and oxygen atoms in total. The lowest BCUT2D eigenvalue weighted by Gasteiger charge is -2.28. The molecule has 0 saturated heterocycles. The van der Waals surface area contributed by atoms with Crippen molar-refractivity contribution in [3.8, 4) is 0 Å². The van der Waals surface area contributed by atoms with Crippen molar-refractivity contribution in [2.24, 2.45) is 12.5 Å². The third-order valence-electron chi connectivity index (χ3n) is 3.36. The van der Waals surface area contributed by atoms with Crippen LogP contribution in [0.25, 0.3) is 0 Å². The van der Waals surface area contributed by atoms with Crippen molar-refractivity contribution in [1.82, 2.24) is 15.1 Å². The molecule has 4 heteroatoms. The molecule has 0 unspecified atom stereocenters. The fourth-order valence-electron chi connectivity index (χ4n) is 2.19. The van der Waals surface area contributed by atoms with Gasteiger partial charge in [-0.05, 0) is 68.4 Å². The zero-order valence-corrected chi connectivity index (χ0v) is 15.0. The monoisotopic (exact) mass is 329 g/mol. The van der Waals surface area contributed by atoms with Gasteiger partial charge in [-0.3, -0.25) is 4.68 Å². The lowest BCUT2D eigenvalue weighted by atomic mass is 9.84. The van der Waals surface area contributed by atoms with E-state index in [4.69, 9.17) is 0 Å². The van der Waals surface area contributed by atoms with Crippen LogP contribution >= 0.6 is 15.9 Å². The summed E-state index contributed by atoms with van der Waals surface area (Å²) in [5.74, 6) is 0. The molecular formula is C15H28BrN3. The Balaban J connectivity index is 2.64. The van der Waals surface area contributed by atoms with Gasteiger partial charge in [0, 0.05) is 12.6 Å². The zero-order valence-electron chi connectivity index (χ0n) is 13.4. The minimum Gasteiger partial charge on any atom is -0.312 e. The van der Waals surface area contributed by atoms with Crippen LogP contribution in [0.2, 0.25) is 0 Å². The van der Waals surface area contributed by atoms with Crippen LogP contribution in [-0.4, -0.2) is 21.9 Å². The van der Waals surface area contributed by atoms with Gasteiger partial charge in [-0.2, -0.15) is 5.10 Å². The summed E-state index contributed by atoms with van der Waals surface area (Å²) in [6, 6.07) is 0. The Morgan fingerprint density at radius 1 is 1.21 bits per heavy atom. The van der Waals surface area contributed by atoms with Gasteiger partial charge < -0.3 is 5.32 Å². The van der Waals surface area contributed by atoms with E-state index in [2.05, 4.69) is 61.0 Å². The van der Waals surface area contributed by atoms with E-state index in [0.717, 1.165) is 29.6 Å². The third kappa shape index (κ3) is 5.27. The Morgan fingerprint density at radius 2 is 1.79 bits per heavy atom. The number of nitrogens with one attached hydrogen (secondary N) is 1. The van der Waals surface area contributed by atoms with Crippen molar-refractivity contribution in [2.75, 3.05) is 6.54 Å². The number of hydrogen-bond acceptors (Lipinski definition) is 2. The Kier molecular flexibility index (Phi) is 5.24. The second-order valence-electron chi connectivity index (χ2n) is 7.24. The smallest absolute Gasteiger partial charge is 0.0738 e. The number of aromatic nitrogens is 2. The Bertz CT molecular complexity index is 427. The van der Waals surface area contributed by atoms with Gasteiger partial charge in [0.15, 0.2) is 0 Å². The predicted molar refractivity (Wildman–Crippen MR) is 85.5 cm³/mol. The fraction of sp³-hybridized carbons (Fsp3) is 0.800. The van der Waals surface area contributed by atoms with E-state index in [1.807, 2.05) is 18.7 Å². The van der Waals surface area contributed by atoms with Crippen molar-refractivity contribution in [3.05, 3.63) is 15.9 Å². The molecule has 0 aliphatic carbocycles. The Morgan fingerprint density at radius 3 is 2.21 bits per heavy atom. The highest BCUT2D eigenvalue weighted by atomic mass is 79.9. The molecule has 1 aromatic heterocycles. The standard InChI is InChI=1S/C15H28BrN3/c1-11-13(16)12(19(7)18-11)10-15(5,6)8-9-17-14(2,3)4/h17H,8-10H2,1-7H3. The molecule has 1 N–H and O–H groups in total. The summed E-state index contributed by atoms with van der Waals surface area (Å²) in [4.78, 5) is 0. The van der Waals surface area contributed by atoms with Crippen molar-refractivity contribution in [1.29, 1.82) is 0 Å². The molecule has 0 amide bonds. The van der Waals surface area contributed by atoms with Crippen LogP contribution in [0.3, 0.4) is 0 Å². The molecule has 0 aliphatic rings. The minimum absolute atomic E-state index is 0.194. The van der Waals surface area contributed by atoms with Gasteiger partial charge in [0.1, 0.15) is 0 Å². The summed E-state index contributed by atoms with van der Waals surface area (Å²) in [6.45, 7) is 14.4. The third-order valence-corrected chi connectivity index (χ3v) is 4.40. The first-order valence-electron chi connectivity index (χ1n) is 6.95. The van der Waals surface area contributed by atoms with E-state index < -0.39 is 0 Å². The quantitative estimate of drug-likeness (QED) is 0.889. The van der Waals surface area contributed by atoms with E-state index >= 15 is 0 Å². The maximum absolute atomic E-state index is 4.47. The van der Waals surface area contributed by atoms with Crippen LogP contribution in [0.1, 0.15) is 52.4 Å². The van der Waals surface area contributed by atoms with E-state index in [-0.39, 0.29) is 11.0 Å². The lowest BCUT2D eigenvalue weighted by Crippen LogP contribution is -2.38. The second kappa shape index (κ2) is 5.96. The van der Waals surface area contributed by atoms with Gasteiger partial charge >= 0.3 is 0 Å². The molecule has 0 atom stereocenters. The molecule has 0 bridgehead atoms.